The molecule has 0 atom stereocenters. The Bertz CT molecular complexity index is 182. The summed E-state index contributed by atoms with van der Waals surface area (Å²) in [5.41, 5.74) is 9.32. The van der Waals surface area contributed by atoms with Crippen LogP contribution in [0.25, 0.3) is 0 Å². The SMILES string of the molecule is C1CCCCC1.CCCOC(N)=S.NC(=O)S. The normalized spacial score (nSPS) is 13.3. The third kappa shape index (κ3) is 31.3. The van der Waals surface area contributed by atoms with Gasteiger partial charge in [0.2, 0.25) is 0 Å². The summed E-state index contributed by atoms with van der Waals surface area (Å²) in [4.78, 5) is 9.09. The fourth-order valence-corrected chi connectivity index (χ4v) is 1.35. The van der Waals surface area contributed by atoms with E-state index >= 15 is 0 Å². The Morgan fingerprint density at radius 1 is 1.18 bits per heavy atom. The van der Waals surface area contributed by atoms with Gasteiger partial charge in [-0.15, -0.1) is 0 Å². The Kier molecular flexibility index (Phi) is 17.2. The lowest BCUT2D eigenvalue weighted by Crippen LogP contribution is -2.12. The Labute approximate surface area is 115 Å². The highest BCUT2D eigenvalue weighted by Gasteiger charge is 1.95. The summed E-state index contributed by atoms with van der Waals surface area (Å²) in [6.45, 7) is 2.63. The molecule has 4 nitrogen and oxygen atoms in total. The molecule has 1 saturated carbocycles. The van der Waals surface area contributed by atoms with Crippen molar-refractivity contribution in [1.82, 2.24) is 0 Å². The summed E-state index contributed by atoms with van der Waals surface area (Å²) in [7, 11) is 0. The fraction of sp³-hybridized carbons (Fsp3) is 0.818. The third-order valence-corrected chi connectivity index (χ3v) is 2.07. The highest BCUT2D eigenvalue weighted by molar-refractivity contribution is 7.96. The molecule has 102 valence electrons. The molecule has 0 unspecified atom stereocenters. The van der Waals surface area contributed by atoms with Crippen LogP contribution in [0.3, 0.4) is 0 Å². The average Bonchev–Trinajstić information content (AvgIpc) is 2.29. The molecule has 0 aromatic heterocycles. The monoisotopic (exact) mass is 280 g/mol. The standard InChI is InChI=1S/C6H12.C4H9NOS.CH3NOS/c1-2-4-6-5-3-1;1-2-3-6-4(5)7;2-1(3)4/h1-6H2;2-3H2,1H3,(H2,5,7);(H3,2,3,4). The quantitative estimate of drug-likeness (QED) is 0.537. The van der Waals surface area contributed by atoms with E-state index in [-0.39, 0.29) is 5.17 Å². The minimum atomic E-state index is -0.639. The second kappa shape index (κ2) is 15.5. The molecule has 4 N–H and O–H groups in total. The number of carbonyl (C=O) groups is 1. The lowest BCUT2D eigenvalue weighted by Gasteiger charge is -2.05. The maximum absolute atomic E-state index is 9.09. The topological polar surface area (TPSA) is 78.3 Å². The van der Waals surface area contributed by atoms with Gasteiger partial charge in [-0.3, -0.25) is 4.79 Å². The van der Waals surface area contributed by atoms with E-state index in [1.165, 1.54) is 38.5 Å². The molecule has 0 spiro atoms. The first-order valence-electron chi connectivity index (χ1n) is 5.91. The van der Waals surface area contributed by atoms with Gasteiger partial charge in [0.1, 0.15) is 0 Å². The van der Waals surface area contributed by atoms with Crippen LogP contribution in [0.2, 0.25) is 0 Å². The predicted octanol–water partition coefficient (Wildman–Crippen LogP) is 2.99. The lowest BCUT2D eigenvalue weighted by atomic mass is 10.0. The number of primary amides is 1. The van der Waals surface area contributed by atoms with Crippen LogP contribution in [0, 0.1) is 0 Å². The zero-order chi connectivity index (χ0) is 13.5. The summed E-state index contributed by atoms with van der Waals surface area (Å²) < 4.78 is 4.70. The van der Waals surface area contributed by atoms with Gasteiger partial charge in [0.15, 0.2) is 0 Å². The molecule has 6 heteroatoms. The molecule has 0 aromatic carbocycles. The Hall–Kier alpha value is -0.490. The van der Waals surface area contributed by atoms with E-state index in [0.29, 0.717) is 6.61 Å². The van der Waals surface area contributed by atoms with Crippen molar-refractivity contribution in [3.05, 3.63) is 0 Å². The number of amides is 1. The van der Waals surface area contributed by atoms with Gasteiger partial charge in [-0.05, 0) is 18.6 Å². The number of ether oxygens (including phenoxy) is 1. The Morgan fingerprint density at radius 3 is 1.59 bits per heavy atom. The van der Waals surface area contributed by atoms with Gasteiger partial charge in [-0.25, -0.2) is 0 Å². The molecule has 1 rings (SSSR count). The van der Waals surface area contributed by atoms with Crippen LogP contribution in [0.15, 0.2) is 0 Å². The molecule has 0 aromatic rings. The molecule has 1 amide bonds. The third-order valence-electron chi connectivity index (χ3n) is 1.95. The second-order valence-electron chi connectivity index (χ2n) is 3.63. The molecule has 1 fully saturated rings. The lowest BCUT2D eigenvalue weighted by molar-refractivity contribution is 0.267. The van der Waals surface area contributed by atoms with Crippen molar-refractivity contribution in [2.75, 3.05) is 6.61 Å². The number of hydrogen-bond acceptors (Lipinski definition) is 3. The molecule has 0 radical (unpaired) electrons. The van der Waals surface area contributed by atoms with Crippen LogP contribution in [-0.4, -0.2) is 17.0 Å². The van der Waals surface area contributed by atoms with Gasteiger partial charge < -0.3 is 16.2 Å². The molecule has 1 aliphatic carbocycles. The summed E-state index contributed by atoms with van der Waals surface area (Å²) in [6, 6.07) is 0. The van der Waals surface area contributed by atoms with Crippen molar-refractivity contribution >= 4 is 35.3 Å². The second-order valence-corrected chi connectivity index (χ2v) is 4.47. The van der Waals surface area contributed by atoms with Crippen LogP contribution >= 0.6 is 24.8 Å². The van der Waals surface area contributed by atoms with E-state index < -0.39 is 5.24 Å². The predicted molar refractivity (Wildman–Crippen MR) is 79.3 cm³/mol. The van der Waals surface area contributed by atoms with Gasteiger partial charge in [-0.1, -0.05) is 58.1 Å². The van der Waals surface area contributed by atoms with Crippen LogP contribution in [0.5, 0.6) is 0 Å². The number of rotatable bonds is 2. The number of hydrogen-bond donors (Lipinski definition) is 3. The van der Waals surface area contributed by atoms with E-state index in [1.54, 1.807) is 0 Å². The number of thiocarbonyl (C=S) groups is 1. The smallest absolute Gasteiger partial charge is 0.273 e. The minimum absolute atomic E-state index is 0.141. The van der Waals surface area contributed by atoms with Gasteiger partial charge >= 0.3 is 0 Å². The van der Waals surface area contributed by atoms with Crippen molar-refractivity contribution in [3.8, 4) is 0 Å². The van der Waals surface area contributed by atoms with Crippen molar-refractivity contribution in [1.29, 1.82) is 0 Å². The first-order chi connectivity index (χ1) is 8.00. The van der Waals surface area contributed by atoms with Crippen molar-refractivity contribution < 1.29 is 9.53 Å². The molecule has 0 heterocycles. The number of carbonyl (C=O) groups excluding carboxylic acids is 1. The summed E-state index contributed by atoms with van der Waals surface area (Å²) >= 11 is 7.52. The highest BCUT2D eigenvalue weighted by Crippen LogP contribution is 2.15. The van der Waals surface area contributed by atoms with Gasteiger partial charge in [0, 0.05) is 0 Å². The van der Waals surface area contributed by atoms with Gasteiger partial charge in [-0.2, -0.15) is 0 Å². The maximum atomic E-state index is 9.09. The Balaban J connectivity index is 0. The van der Waals surface area contributed by atoms with E-state index in [1.807, 2.05) is 6.92 Å². The maximum Gasteiger partial charge on any atom is 0.273 e. The molecule has 0 saturated heterocycles. The van der Waals surface area contributed by atoms with Crippen molar-refractivity contribution in [2.45, 2.75) is 51.9 Å². The zero-order valence-electron chi connectivity index (χ0n) is 10.5. The van der Waals surface area contributed by atoms with E-state index in [4.69, 9.17) is 15.3 Å². The summed E-state index contributed by atoms with van der Waals surface area (Å²) in [6.07, 6.45) is 9.96. The van der Waals surface area contributed by atoms with Crippen LogP contribution in [0.4, 0.5) is 4.79 Å². The summed E-state index contributed by atoms with van der Waals surface area (Å²) in [5.74, 6) is 0. The van der Waals surface area contributed by atoms with Crippen LogP contribution in [0.1, 0.15) is 51.9 Å². The molecule has 1 aliphatic rings. The number of nitrogens with two attached hydrogens (primary N) is 2. The van der Waals surface area contributed by atoms with E-state index in [9.17, 15) is 0 Å². The fourth-order valence-electron chi connectivity index (χ4n) is 1.26. The van der Waals surface area contributed by atoms with Crippen LogP contribution < -0.4 is 11.5 Å². The van der Waals surface area contributed by atoms with E-state index in [0.717, 1.165) is 6.42 Å². The van der Waals surface area contributed by atoms with E-state index in [2.05, 4.69) is 30.6 Å². The van der Waals surface area contributed by atoms with Crippen LogP contribution in [-0.2, 0) is 4.74 Å². The molecule has 17 heavy (non-hydrogen) atoms. The highest BCUT2D eigenvalue weighted by atomic mass is 32.1. The zero-order valence-corrected chi connectivity index (χ0v) is 12.2. The first kappa shape index (κ1) is 18.9. The molecule has 0 aliphatic heterocycles. The van der Waals surface area contributed by atoms with Gasteiger partial charge in [0.25, 0.3) is 10.4 Å². The van der Waals surface area contributed by atoms with Gasteiger partial charge in [0.05, 0.1) is 6.61 Å². The van der Waals surface area contributed by atoms with Crippen molar-refractivity contribution in [3.63, 3.8) is 0 Å². The molecular weight excluding hydrogens is 256 g/mol. The first-order valence-corrected chi connectivity index (χ1v) is 6.76. The van der Waals surface area contributed by atoms with Crippen molar-refractivity contribution in [2.24, 2.45) is 11.5 Å². The summed E-state index contributed by atoms with van der Waals surface area (Å²) in [5, 5.41) is -0.498. The largest absolute Gasteiger partial charge is 0.471 e. The number of thiol groups is 1. The molecule has 0 bridgehead atoms. The average molecular weight is 280 g/mol. The Morgan fingerprint density at radius 2 is 1.47 bits per heavy atom. The minimum Gasteiger partial charge on any atom is -0.471 e. The molecular formula is C11H24N2O2S2.